The summed E-state index contributed by atoms with van der Waals surface area (Å²) in [5.74, 6) is 1.76. The second-order valence-electron chi connectivity index (χ2n) is 9.15. The second-order valence-corrected chi connectivity index (χ2v) is 20.5. The number of ether oxygens (including phenoxy) is 2. The summed E-state index contributed by atoms with van der Waals surface area (Å²) in [7, 11) is -2.96. The van der Waals surface area contributed by atoms with E-state index < -0.39 is 16.6 Å². The minimum absolute atomic E-state index is 0. The number of hydrogen-bond acceptors (Lipinski definition) is 4. The molecule has 0 heterocycles. The summed E-state index contributed by atoms with van der Waals surface area (Å²) in [4.78, 5) is 0. The summed E-state index contributed by atoms with van der Waals surface area (Å²) in [5, 5.41) is 0. The van der Waals surface area contributed by atoms with Gasteiger partial charge in [0.25, 0.3) is 0 Å². The van der Waals surface area contributed by atoms with Crippen LogP contribution >= 0.6 is 24.8 Å². The van der Waals surface area contributed by atoms with Crippen LogP contribution in [-0.4, -0.2) is 32.4 Å². The van der Waals surface area contributed by atoms with Gasteiger partial charge in [0.1, 0.15) is 0 Å². The van der Waals surface area contributed by atoms with Gasteiger partial charge in [-0.05, 0) is 64.6 Å². The average Bonchev–Trinajstić information content (AvgIpc) is 3.16. The Morgan fingerprint density at radius 3 is 1.25 bits per heavy atom. The van der Waals surface area contributed by atoms with Crippen LogP contribution < -0.4 is 0 Å². The van der Waals surface area contributed by atoms with Crippen molar-refractivity contribution in [3.8, 4) is 0 Å². The Balaban J connectivity index is -0.000000428. The standard InChI is InChI=1S/2C10H17O2Si.C3H6.2ClH.Zr/c2*1-9(12-13(2,3)4)11-10-7-5-6-8-10;1-3-2;;;/h2*7-9H,5H2,1-4H3;1-2H3;2*1H;/q2*-1;;;;+2. The fourth-order valence-electron chi connectivity index (χ4n) is 2.35. The van der Waals surface area contributed by atoms with Crippen molar-refractivity contribution in [2.75, 3.05) is 0 Å². The van der Waals surface area contributed by atoms with E-state index in [1.807, 2.05) is 38.2 Å². The molecule has 0 amide bonds. The molecule has 0 saturated carbocycles. The molecule has 0 aliphatic heterocycles. The molecule has 0 aromatic rings. The van der Waals surface area contributed by atoms with Crippen molar-refractivity contribution >= 4 is 44.7 Å². The van der Waals surface area contributed by atoms with Gasteiger partial charge in [-0.2, -0.15) is 12.2 Å². The molecule has 2 aliphatic carbocycles. The first-order chi connectivity index (χ1) is 13.7. The zero-order valence-electron chi connectivity index (χ0n) is 21.3. The summed E-state index contributed by atoms with van der Waals surface area (Å²) >= 11 is 1.55. The molecule has 2 atom stereocenters. The third kappa shape index (κ3) is 24.9. The van der Waals surface area contributed by atoms with Gasteiger partial charge < -0.3 is 18.3 Å². The predicted octanol–water partition coefficient (Wildman–Crippen LogP) is 7.28. The third-order valence-corrected chi connectivity index (χ3v) is 5.05. The first kappa shape index (κ1) is 36.8. The Morgan fingerprint density at radius 2 is 1.06 bits per heavy atom. The van der Waals surface area contributed by atoms with Crippen LogP contribution in [0.25, 0.3) is 0 Å². The maximum atomic E-state index is 5.73. The maximum absolute atomic E-state index is 5.73. The van der Waals surface area contributed by atoms with E-state index in [0.717, 1.165) is 24.4 Å². The van der Waals surface area contributed by atoms with E-state index in [-0.39, 0.29) is 37.4 Å². The molecule has 0 N–H and O–H groups in total. The monoisotopic (exact) mass is 598 g/mol. The largest absolute Gasteiger partial charge is 0.147 e. The molecule has 4 nitrogen and oxygen atoms in total. The van der Waals surface area contributed by atoms with E-state index in [0.29, 0.717) is 0 Å². The minimum Gasteiger partial charge on any atom is -0.147 e. The van der Waals surface area contributed by atoms with Crippen molar-refractivity contribution in [1.82, 2.24) is 0 Å². The third-order valence-electron chi connectivity index (χ3n) is 2.97. The number of hydrogen-bond donors (Lipinski definition) is 0. The second kappa shape index (κ2) is 18.6. The van der Waals surface area contributed by atoms with E-state index in [1.165, 1.54) is 3.21 Å². The fourth-order valence-corrected chi connectivity index (χ4v) is 4.44. The summed E-state index contributed by atoms with van der Waals surface area (Å²) in [5.41, 5.74) is 0. The molecular weight excluding hydrogens is 559 g/mol. The molecule has 0 aromatic carbocycles. The molecule has 0 spiro atoms. The van der Waals surface area contributed by atoms with Crippen molar-refractivity contribution in [2.45, 2.75) is 92.4 Å². The Hall–Kier alpha value is 0.247. The first-order valence-corrected chi connectivity index (χ1v) is 18.5. The van der Waals surface area contributed by atoms with Gasteiger partial charge in [-0.15, -0.1) is 49.8 Å². The van der Waals surface area contributed by atoms with Crippen molar-refractivity contribution in [3.63, 3.8) is 0 Å². The molecule has 0 fully saturated rings. The van der Waals surface area contributed by atoms with Crippen LogP contribution in [0.2, 0.25) is 39.3 Å². The molecule has 2 aliphatic rings. The predicted molar refractivity (Wildman–Crippen MR) is 142 cm³/mol. The van der Waals surface area contributed by atoms with Gasteiger partial charge >= 0.3 is 41.3 Å². The van der Waals surface area contributed by atoms with Crippen LogP contribution in [0.3, 0.4) is 0 Å². The van der Waals surface area contributed by atoms with Gasteiger partial charge in [0, 0.05) is 0 Å². The normalized spacial score (nSPS) is 16.0. The molecule has 184 valence electrons. The minimum atomic E-state index is -1.48. The van der Waals surface area contributed by atoms with Crippen LogP contribution in [0.15, 0.2) is 35.8 Å². The molecule has 2 unspecified atom stereocenters. The maximum Gasteiger partial charge on any atom is -0.147 e. The Labute approximate surface area is 226 Å². The van der Waals surface area contributed by atoms with Crippen LogP contribution in [-0.2, 0) is 42.6 Å². The van der Waals surface area contributed by atoms with E-state index in [9.17, 15) is 0 Å². The van der Waals surface area contributed by atoms with Gasteiger partial charge in [-0.1, -0.05) is 0 Å². The Morgan fingerprint density at radius 1 is 0.781 bits per heavy atom. The molecule has 0 radical (unpaired) electrons. The van der Waals surface area contributed by atoms with Crippen molar-refractivity contribution in [1.29, 1.82) is 0 Å². The molecular formula is C23H42Cl2O4Si2Zr. The van der Waals surface area contributed by atoms with Gasteiger partial charge in [0.2, 0.25) is 0 Å². The average molecular weight is 601 g/mol. The smallest absolute Gasteiger partial charge is 0.147 e. The van der Waals surface area contributed by atoms with Gasteiger partial charge in [-0.3, -0.25) is 12.2 Å². The van der Waals surface area contributed by atoms with E-state index in [2.05, 4.69) is 65.3 Å². The molecule has 0 aromatic heterocycles. The van der Waals surface area contributed by atoms with Crippen LogP contribution in [0.5, 0.6) is 0 Å². The molecule has 0 saturated heterocycles. The summed E-state index contributed by atoms with van der Waals surface area (Å²) in [6, 6.07) is 0. The fraction of sp³-hybridized carbons (Fsp3) is 0.609. The Bertz CT molecular complexity index is 597. The number of allylic oxidation sites excluding steroid dienone is 6. The van der Waals surface area contributed by atoms with Crippen LogP contribution in [0.1, 0.15) is 40.5 Å². The van der Waals surface area contributed by atoms with E-state index in [1.54, 1.807) is 24.2 Å². The summed E-state index contributed by atoms with van der Waals surface area (Å²) < 4.78 is 24.0. The van der Waals surface area contributed by atoms with E-state index >= 15 is 0 Å². The molecule has 2 rings (SSSR count). The molecule has 32 heavy (non-hydrogen) atoms. The molecule has 9 heteroatoms. The summed E-state index contributed by atoms with van der Waals surface area (Å²) in [6.07, 6.45) is 15.3. The van der Waals surface area contributed by atoms with Gasteiger partial charge in [0.05, 0.1) is 0 Å². The van der Waals surface area contributed by atoms with Crippen molar-refractivity contribution in [2.24, 2.45) is 0 Å². The quantitative estimate of drug-likeness (QED) is 0.167. The van der Waals surface area contributed by atoms with Crippen molar-refractivity contribution in [3.05, 3.63) is 48.0 Å². The zero-order valence-corrected chi connectivity index (χ0v) is 27.4. The van der Waals surface area contributed by atoms with Crippen LogP contribution in [0.4, 0.5) is 0 Å². The molecule has 0 bridgehead atoms. The van der Waals surface area contributed by atoms with Crippen LogP contribution in [0, 0.1) is 12.2 Å². The Kier molecular flexibility index (Phi) is 21.3. The van der Waals surface area contributed by atoms with Gasteiger partial charge in [-0.25, -0.2) is 0 Å². The van der Waals surface area contributed by atoms with Crippen molar-refractivity contribution < 1.29 is 42.6 Å². The topological polar surface area (TPSA) is 36.9 Å². The van der Waals surface area contributed by atoms with Gasteiger partial charge in [0.15, 0.2) is 29.2 Å². The number of rotatable bonds is 8. The number of halogens is 2. The first-order valence-electron chi connectivity index (χ1n) is 10.4. The zero-order chi connectivity index (χ0) is 23.4. The summed E-state index contributed by atoms with van der Waals surface area (Å²) in [6.45, 7) is 21.0. The SMILES string of the molecule is CC(OC1=CC[C-]=C1)O[Si](C)(C)C.CC(OC1=CC[C-]=C1)O[Si](C)(C)C.C[C](C)=[Zr+2].Cl.Cl. The van der Waals surface area contributed by atoms with E-state index in [4.69, 9.17) is 18.3 Å².